The number of nitro groups is 1. The average molecular weight is 385 g/mol. The van der Waals surface area contributed by atoms with E-state index in [1.807, 2.05) is 37.3 Å². The second kappa shape index (κ2) is 9.50. The lowest BCUT2D eigenvalue weighted by Crippen LogP contribution is -2.38. The van der Waals surface area contributed by atoms with Gasteiger partial charge in [0.15, 0.2) is 6.10 Å². The number of benzene rings is 2. The number of anilines is 1. The summed E-state index contributed by atoms with van der Waals surface area (Å²) in [4.78, 5) is 34.8. The van der Waals surface area contributed by atoms with Gasteiger partial charge in [-0.1, -0.05) is 37.3 Å². The first-order valence-corrected chi connectivity index (χ1v) is 8.91. The molecule has 0 unspecified atom stereocenters. The molecule has 1 amide bonds. The fourth-order valence-electron chi connectivity index (χ4n) is 2.70. The maximum absolute atomic E-state index is 12.3. The first-order valence-electron chi connectivity index (χ1n) is 8.91. The van der Waals surface area contributed by atoms with E-state index in [0.29, 0.717) is 6.54 Å². The quantitative estimate of drug-likeness (QED) is 0.311. The largest absolute Gasteiger partial charge is 0.449 e. The van der Waals surface area contributed by atoms with E-state index in [4.69, 9.17) is 10.5 Å². The van der Waals surface area contributed by atoms with Gasteiger partial charge in [-0.15, -0.1) is 0 Å². The van der Waals surface area contributed by atoms with Crippen LogP contribution < -0.4 is 11.1 Å². The number of ether oxygens (including phenoxy) is 1. The van der Waals surface area contributed by atoms with Crippen LogP contribution in [0.3, 0.4) is 0 Å². The van der Waals surface area contributed by atoms with Gasteiger partial charge in [-0.3, -0.25) is 14.9 Å². The van der Waals surface area contributed by atoms with E-state index in [1.54, 1.807) is 0 Å². The predicted molar refractivity (Wildman–Crippen MR) is 105 cm³/mol. The fourth-order valence-corrected chi connectivity index (χ4v) is 2.70. The van der Waals surface area contributed by atoms with Crippen LogP contribution in [0.1, 0.15) is 42.1 Å². The van der Waals surface area contributed by atoms with Gasteiger partial charge in [0.2, 0.25) is 0 Å². The number of nitrogens with two attached hydrogens (primary N) is 1. The van der Waals surface area contributed by atoms with Crippen LogP contribution in [-0.2, 0) is 9.53 Å². The summed E-state index contributed by atoms with van der Waals surface area (Å²) in [5.74, 6) is -1.20. The Morgan fingerprint density at radius 1 is 1.21 bits per heavy atom. The van der Waals surface area contributed by atoms with E-state index in [1.165, 1.54) is 19.1 Å². The number of rotatable bonds is 8. The number of nitrogen functional groups attached to an aromatic ring is 1. The van der Waals surface area contributed by atoms with Crippen molar-refractivity contribution in [3.05, 3.63) is 69.8 Å². The summed E-state index contributed by atoms with van der Waals surface area (Å²) in [5.41, 5.74) is 6.42. The molecule has 0 radical (unpaired) electrons. The number of nitrogens with zero attached hydrogens (tertiary/aromatic N) is 1. The summed E-state index contributed by atoms with van der Waals surface area (Å²) in [6.45, 7) is 3.86. The summed E-state index contributed by atoms with van der Waals surface area (Å²) in [6, 6.07) is 13.3. The van der Waals surface area contributed by atoms with E-state index in [2.05, 4.69) is 5.32 Å². The highest BCUT2D eigenvalue weighted by Gasteiger charge is 2.23. The first kappa shape index (κ1) is 20.9. The number of hydrogen-bond acceptors (Lipinski definition) is 6. The maximum Gasteiger partial charge on any atom is 0.341 e. The Hall–Kier alpha value is -3.42. The van der Waals surface area contributed by atoms with Crippen LogP contribution in [0.5, 0.6) is 0 Å². The molecule has 0 aliphatic heterocycles. The molecule has 0 saturated heterocycles. The van der Waals surface area contributed by atoms with Gasteiger partial charge < -0.3 is 15.8 Å². The number of carbonyl (C=O) groups is 2. The number of hydrogen-bond donors (Lipinski definition) is 2. The number of amides is 1. The van der Waals surface area contributed by atoms with Crippen LogP contribution in [0.2, 0.25) is 0 Å². The van der Waals surface area contributed by atoms with Gasteiger partial charge >= 0.3 is 5.97 Å². The molecule has 8 heteroatoms. The monoisotopic (exact) mass is 385 g/mol. The van der Waals surface area contributed by atoms with E-state index in [9.17, 15) is 19.7 Å². The number of carbonyl (C=O) groups excluding carboxylic acids is 2. The minimum Gasteiger partial charge on any atom is -0.449 e. The highest BCUT2D eigenvalue weighted by molar-refractivity contribution is 5.97. The molecule has 0 aliphatic carbocycles. The first-order chi connectivity index (χ1) is 13.3. The van der Waals surface area contributed by atoms with Crippen molar-refractivity contribution in [1.82, 2.24) is 5.32 Å². The lowest BCUT2D eigenvalue weighted by molar-refractivity contribution is -0.384. The molecule has 3 N–H and O–H groups in total. The summed E-state index contributed by atoms with van der Waals surface area (Å²) >= 11 is 0. The highest BCUT2D eigenvalue weighted by atomic mass is 16.6. The lowest BCUT2D eigenvalue weighted by Gasteiger charge is -2.18. The molecule has 0 aromatic heterocycles. The zero-order chi connectivity index (χ0) is 20.7. The van der Waals surface area contributed by atoms with Crippen molar-refractivity contribution >= 4 is 23.3 Å². The van der Waals surface area contributed by atoms with Crippen LogP contribution in [0.25, 0.3) is 0 Å². The molecular weight excluding hydrogens is 362 g/mol. The lowest BCUT2D eigenvalue weighted by atomic mass is 9.96. The van der Waals surface area contributed by atoms with Gasteiger partial charge in [-0.2, -0.15) is 0 Å². The highest BCUT2D eigenvalue weighted by Crippen LogP contribution is 2.21. The van der Waals surface area contributed by atoms with Crippen molar-refractivity contribution in [2.45, 2.75) is 32.3 Å². The third kappa shape index (κ3) is 5.29. The summed E-state index contributed by atoms with van der Waals surface area (Å²) in [6.07, 6.45) is -0.234. The number of nitro benzene ring substituents is 1. The average Bonchev–Trinajstić information content (AvgIpc) is 2.69. The normalized spacial score (nSPS) is 12.6. The molecule has 0 bridgehead atoms. The molecule has 0 saturated carbocycles. The molecule has 2 aromatic carbocycles. The number of nitrogens with one attached hydrogen (secondary N) is 1. The Balaban J connectivity index is 1.97. The Labute approximate surface area is 162 Å². The van der Waals surface area contributed by atoms with Crippen molar-refractivity contribution < 1.29 is 19.2 Å². The maximum atomic E-state index is 12.3. The van der Waals surface area contributed by atoms with Gasteiger partial charge in [0.05, 0.1) is 10.5 Å². The molecule has 2 rings (SSSR count). The Kier molecular flexibility index (Phi) is 7.08. The summed E-state index contributed by atoms with van der Waals surface area (Å²) < 4.78 is 5.13. The van der Waals surface area contributed by atoms with E-state index >= 15 is 0 Å². The molecule has 0 aliphatic rings. The van der Waals surface area contributed by atoms with Gasteiger partial charge in [0, 0.05) is 30.3 Å². The van der Waals surface area contributed by atoms with Crippen LogP contribution in [-0.4, -0.2) is 29.4 Å². The molecule has 0 fully saturated rings. The molecule has 28 heavy (non-hydrogen) atoms. The van der Waals surface area contributed by atoms with E-state index < -0.39 is 22.9 Å². The van der Waals surface area contributed by atoms with Gasteiger partial charge in [0.1, 0.15) is 0 Å². The molecule has 2 atom stereocenters. The van der Waals surface area contributed by atoms with Gasteiger partial charge in [0.25, 0.3) is 11.6 Å². The zero-order valence-corrected chi connectivity index (χ0v) is 15.8. The SMILES string of the molecule is CC[C@@H](CNC(=O)[C@H](C)OC(=O)c1cc([N+](=O)[O-])ccc1N)c1ccccc1. The van der Waals surface area contributed by atoms with Crippen LogP contribution in [0.15, 0.2) is 48.5 Å². The molecule has 148 valence electrons. The second-order valence-electron chi connectivity index (χ2n) is 6.34. The van der Waals surface area contributed by atoms with Crippen molar-refractivity contribution in [1.29, 1.82) is 0 Å². The number of esters is 1. The molecule has 8 nitrogen and oxygen atoms in total. The van der Waals surface area contributed by atoms with E-state index in [0.717, 1.165) is 18.1 Å². The van der Waals surface area contributed by atoms with Crippen LogP contribution in [0, 0.1) is 10.1 Å². The fraction of sp³-hybridized carbons (Fsp3) is 0.300. The van der Waals surface area contributed by atoms with Crippen molar-refractivity contribution in [3.8, 4) is 0 Å². The third-order valence-corrected chi connectivity index (χ3v) is 4.41. The Morgan fingerprint density at radius 3 is 2.50 bits per heavy atom. The topological polar surface area (TPSA) is 125 Å². The van der Waals surface area contributed by atoms with E-state index in [-0.39, 0.29) is 22.9 Å². The van der Waals surface area contributed by atoms with Crippen LogP contribution >= 0.6 is 0 Å². The van der Waals surface area contributed by atoms with Gasteiger partial charge in [-0.05, 0) is 25.0 Å². The minimum absolute atomic E-state index is 0.0401. The Morgan fingerprint density at radius 2 is 1.89 bits per heavy atom. The molecule has 0 spiro atoms. The second-order valence-corrected chi connectivity index (χ2v) is 6.34. The van der Waals surface area contributed by atoms with Crippen molar-refractivity contribution in [3.63, 3.8) is 0 Å². The Bertz CT molecular complexity index is 854. The summed E-state index contributed by atoms with van der Waals surface area (Å²) in [7, 11) is 0. The smallest absolute Gasteiger partial charge is 0.341 e. The van der Waals surface area contributed by atoms with Crippen molar-refractivity contribution in [2.24, 2.45) is 0 Å². The molecular formula is C20H23N3O5. The van der Waals surface area contributed by atoms with Crippen LogP contribution in [0.4, 0.5) is 11.4 Å². The van der Waals surface area contributed by atoms with Crippen molar-refractivity contribution in [2.75, 3.05) is 12.3 Å². The summed E-state index contributed by atoms with van der Waals surface area (Å²) in [5, 5.41) is 13.6. The molecule has 0 heterocycles. The minimum atomic E-state index is -1.07. The molecule has 2 aromatic rings. The third-order valence-electron chi connectivity index (χ3n) is 4.41. The van der Waals surface area contributed by atoms with Gasteiger partial charge in [-0.25, -0.2) is 4.79 Å². The predicted octanol–water partition coefficient (Wildman–Crippen LogP) is 3.03. The zero-order valence-electron chi connectivity index (χ0n) is 15.8. The standard InChI is InChI=1S/C20H23N3O5/c1-3-14(15-7-5-4-6-8-15)12-22-19(24)13(2)28-20(25)17-11-16(23(26)27)9-10-18(17)21/h4-11,13-14H,3,12,21H2,1-2H3,(H,22,24)/t13-,14-/m0/s1. The number of non-ortho nitro benzene ring substituents is 1.